The summed E-state index contributed by atoms with van der Waals surface area (Å²) in [6.45, 7) is 8.00. The minimum absolute atomic E-state index is 0.487. The number of aliphatic hydroxyl groups is 2. The summed E-state index contributed by atoms with van der Waals surface area (Å²) in [4.78, 5) is 0. The van der Waals surface area contributed by atoms with Crippen LogP contribution in [0.2, 0.25) is 0 Å². The van der Waals surface area contributed by atoms with E-state index in [1.54, 1.807) is 0 Å². The normalized spacial score (nSPS) is 47.6. The Morgan fingerprint density at radius 1 is 0.750 bits per heavy atom. The average Bonchev–Trinajstić information content (AvgIpc) is 2.18. The molecular weight excluding hydrogens is 200 g/mol. The Morgan fingerprint density at radius 3 is 1.31 bits per heavy atom. The molecule has 96 valence electrons. The molecule has 4 saturated carbocycles. The summed E-state index contributed by atoms with van der Waals surface area (Å²) in [7, 11) is 0. The van der Waals surface area contributed by atoms with Crippen LogP contribution in [-0.4, -0.2) is 21.4 Å². The summed E-state index contributed by atoms with van der Waals surface area (Å²) in [5.41, 5.74) is -0.975. The van der Waals surface area contributed by atoms with Crippen molar-refractivity contribution in [3.8, 4) is 0 Å². The summed E-state index contributed by atoms with van der Waals surface area (Å²) in [5, 5.41) is 20.2. The molecule has 0 atom stereocenters. The van der Waals surface area contributed by atoms with Gasteiger partial charge in [-0.05, 0) is 43.9 Å². The first kappa shape index (κ1) is 14.0. The molecule has 4 fully saturated rings. The quantitative estimate of drug-likeness (QED) is 0.669. The number of rotatable bonds is 0. The maximum atomic E-state index is 10.1. The highest BCUT2D eigenvalue weighted by atomic mass is 16.3. The molecule has 0 saturated heterocycles. The Hall–Kier alpha value is -0.0800. The van der Waals surface area contributed by atoms with Crippen molar-refractivity contribution in [2.24, 2.45) is 11.8 Å². The molecule has 4 aliphatic rings. The van der Waals surface area contributed by atoms with Gasteiger partial charge in [0.1, 0.15) is 0 Å². The standard InChI is InChI=1S/C10H16O2.2C2H6/c11-9-2-7-1-8(4-9)5-10(12,3-7)6-9;2*1-2/h7-8,11-12H,1-6H2;2*1-2H3. The van der Waals surface area contributed by atoms with Crippen LogP contribution in [0.25, 0.3) is 0 Å². The maximum absolute atomic E-state index is 10.1. The van der Waals surface area contributed by atoms with Crippen LogP contribution in [0.1, 0.15) is 66.2 Å². The lowest BCUT2D eigenvalue weighted by Gasteiger charge is -2.58. The van der Waals surface area contributed by atoms with Gasteiger partial charge in [0.25, 0.3) is 0 Å². The first-order valence-corrected chi connectivity index (χ1v) is 7.02. The Kier molecular flexibility index (Phi) is 4.42. The molecule has 16 heavy (non-hydrogen) atoms. The smallest absolute Gasteiger partial charge is 0.0680 e. The minimum Gasteiger partial charge on any atom is -0.390 e. The SMILES string of the molecule is CC.CC.OC12CC3CC(C1)CC(O)(C3)C2. The predicted octanol–water partition coefficient (Wildman–Crippen LogP) is 3.11. The van der Waals surface area contributed by atoms with Gasteiger partial charge < -0.3 is 10.2 Å². The zero-order valence-electron chi connectivity index (χ0n) is 11.3. The number of hydrogen-bond donors (Lipinski definition) is 2. The van der Waals surface area contributed by atoms with E-state index in [4.69, 9.17) is 0 Å². The number of hydrogen-bond acceptors (Lipinski definition) is 2. The summed E-state index contributed by atoms with van der Waals surface area (Å²) < 4.78 is 0. The molecule has 0 aromatic rings. The zero-order chi connectivity index (χ0) is 12.4. The van der Waals surface area contributed by atoms with Crippen molar-refractivity contribution in [3.63, 3.8) is 0 Å². The van der Waals surface area contributed by atoms with Gasteiger partial charge in [-0.25, -0.2) is 0 Å². The zero-order valence-corrected chi connectivity index (χ0v) is 11.3. The third kappa shape index (κ3) is 2.60. The maximum Gasteiger partial charge on any atom is 0.0680 e. The molecule has 4 bridgehead atoms. The van der Waals surface area contributed by atoms with Gasteiger partial charge in [-0.1, -0.05) is 27.7 Å². The average molecular weight is 228 g/mol. The second-order valence-corrected chi connectivity index (χ2v) is 5.41. The second kappa shape index (κ2) is 5.05. The highest BCUT2D eigenvalue weighted by Gasteiger charge is 2.56. The molecule has 0 heterocycles. The van der Waals surface area contributed by atoms with Crippen LogP contribution in [-0.2, 0) is 0 Å². The highest BCUT2D eigenvalue weighted by Crippen LogP contribution is 2.57. The molecule has 0 aromatic heterocycles. The van der Waals surface area contributed by atoms with Crippen LogP contribution >= 0.6 is 0 Å². The van der Waals surface area contributed by atoms with Crippen LogP contribution < -0.4 is 0 Å². The van der Waals surface area contributed by atoms with Crippen molar-refractivity contribution < 1.29 is 10.2 Å². The summed E-state index contributed by atoms with van der Waals surface area (Å²) in [6.07, 6.45) is 5.70. The molecule has 0 spiro atoms. The summed E-state index contributed by atoms with van der Waals surface area (Å²) in [5.74, 6) is 1.22. The Bertz CT molecular complexity index is 191. The van der Waals surface area contributed by atoms with Gasteiger partial charge in [0, 0.05) is 6.42 Å². The molecule has 0 unspecified atom stereocenters. The molecular formula is C14H28O2. The Morgan fingerprint density at radius 2 is 1.06 bits per heavy atom. The molecule has 4 aliphatic carbocycles. The molecule has 2 heteroatoms. The van der Waals surface area contributed by atoms with Crippen molar-refractivity contribution in [1.29, 1.82) is 0 Å². The van der Waals surface area contributed by atoms with E-state index in [1.165, 1.54) is 6.42 Å². The van der Waals surface area contributed by atoms with Crippen LogP contribution in [0.15, 0.2) is 0 Å². The van der Waals surface area contributed by atoms with E-state index in [0.717, 1.165) is 25.7 Å². The monoisotopic (exact) mass is 228 g/mol. The lowest BCUT2D eigenvalue weighted by molar-refractivity contribution is -0.198. The molecule has 2 N–H and O–H groups in total. The van der Waals surface area contributed by atoms with Crippen LogP contribution in [0, 0.1) is 11.8 Å². The van der Waals surface area contributed by atoms with Crippen molar-refractivity contribution in [3.05, 3.63) is 0 Å². The molecule has 0 aromatic carbocycles. The minimum atomic E-state index is -0.487. The first-order chi connectivity index (χ1) is 7.57. The van der Waals surface area contributed by atoms with Gasteiger partial charge >= 0.3 is 0 Å². The van der Waals surface area contributed by atoms with E-state index in [1.807, 2.05) is 27.7 Å². The fraction of sp³-hybridized carbons (Fsp3) is 1.00. The van der Waals surface area contributed by atoms with Crippen molar-refractivity contribution in [2.45, 2.75) is 77.4 Å². The second-order valence-electron chi connectivity index (χ2n) is 5.41. The fourth-order valence-corrected chi connectivity index (χ4v) is 4.17. The van der Waals surface area contributed by atoms with Crippen LogP contribution in [0.5, 0.6) is 0 Å². The van der Waals surface area contributed by atoms with E-state index in [9.17, 15) is 10.2 Å². The molecule has 0 aliphatic heterocycles. The van der Waals surface area contributed by atoms with Crippen LogP contribution in [0.3, 0.4) is 0 Å². The fourth-order valence-electron chi connectivity index (χ4n) is 4.17. The van der Waals surface area contributed by atoms with E-state index in [2.05, 4.69) is 0 Å². The first-order valence-electron chi connectivity index (χ1n) is 7.02. The summed E-state index contributed by atoms with van der Waals surface area (Å²) >= 11 is 0. The third-order valence-electron chi connectivity index (χ3n) is 4.00. The van der Waals surface area contributed by atoms with Gasteiger partial charge in [0.2, 0.25) is 0 Å². The van der Waals surface area contributed by atoms with Gasteiger partial charge in [-0.3, -0.25) is 0 Å². The van der Waals surface area contributed by atoms with Crippen molar-refractivity contribution in [2.75, 3.05) is 0 Å². The van der Waals surface area contributed by atoms with E-state index < -0.39 is 11.2 Å². The topological polar surface area (TPSA) is 40.5 Å². The van der Waals surface area contributed by atoms with Gasteiger partial charge in [0.05, 0.1) is 11.2 Å². The van der Waals surface area contributed by atoms with Gasteiger partial charge in [-0.15, -0.1) is 0 Å². The molecule has 2 nitrogen and oxygen atoms in total. The molecule has 0 amide bonds. The van der Waals surface area contributed by atoms with Gasteiger partial charge in [0.15, 0.2) is 0 Å². The van der Waals surface area contributed by atoms with Crippen molar-refractivity contribution >= 4 is 0 Å². The largest absolute Gasteiger partial charge is 0.390 e. The van der Waals surface area contributed by atoms with E-state index in [-0.39, 0.29) is 0 Å². The van der Waals surface area contributed by atoms with Gasteiger partial charge in [-0.2, -0.15) is 0 Å². The third-order valence-corrected chi connectivity index (χ3v) is 4.00. The van der Waals surface area contributed by atoms with E-state index in [0.29, 0.717) is 18.3 Å². The Labute approximate surface area is 100 Å². The molecule has 0 radical (unpaired) electrons. The molecule has 4 rings (SSSR count). The lowest BCUT2D eigenvalue weighted by atomic mass is 9.52. The van der Waals surface area contributed by atoms with E-state index >= 15 is 0 Å². The van der Waals surface area contributed by atoms with Crippen LogP contribution in [0.4, 0.5) is 0 Å². The summed E-state index contributed by atoms with van der Waals surface area (Å²) in [6, 6.07) is 0. The lowest BCUT2D eigenvalue weighted by Crippen LogP contribution is -2.58. The predicted molar refractivity (Wildman–Crippen MR) is 67.3 cm³/mol. The Balaban J connectivity index is 0.000000291. The highest BCUT2D eigenvalue weighted by molar-refractivity contribution is 5.08. The van der Waals surface area contributed by atoms with Crippen molar-refractivity contribution in [1.82, 2.24) is 0 Å².